The van der Waals surface area contributed by atoms with Crippen LogP contribution in [0.2, 0.25) is 5.02 Å². The van der Waals surface area contributed by atoms with E-state index in [-0.39, 0.29) is 23.8 Å². The first-order chi connectivity index (χ1) is 16.4. The predicted octanol–water partition coefficient (Wildman–Crippen LogP) is 5.41. The molecule has 0 saturated heterocycles. The Morgan fingerprint density at radius 2 is 1.85 bits per heavy atom. The Balaban J connectivity index is 1.70. The first kappa shape index (κ1) is 24.0. The summed E-state index contributed by atoms with van der Waals surface area (Å²) in [5.74, 6) is 0.796. The zero-order valence-corrected chi connectivity index (χ0v) is 20.2. The molecule has 1 aliphatic heterocycles. The Bertz CT molecular complexity index is 1190. The number of benzene rings is 3. The fourth-order valence-electron chi connectivity index (χ4n) is 4.67. The number of rotatable bonds is 7. The second kappa shape index (κ2) is 10.5. The number of nitrogens with zero attached hydrogens (tertiary/aromatic N) is 1. The van der Waals surface area contributed by atoms with Crippen molar-refractivity contribution in [3.63, 3.8) is 0 Å². The Kier molecular flexibility index (Phi) is 7.39. The summed E-state index contributed by atoms with van der Waals surface area (Å²) in [6, 6.07) is 17.2. The van der Waals surface area contributed by atoms with Crippen LogP contribution in [0.5, 0.6) is 11.5 Å². The average Bonchev–Trinajstić information content (AvgIpc) is 2.83. The molecule has 178 valence electrons. The van der Waals surface area contributed by atoms with Gasteiger partial charge in [-0.2, -0.15) is 0 Å². The molecule has 4 rings (SSSR count). The number of amides is 1. The fourth-order valence-corrected chi connectivity index (χ4v) is 4.89. The van der Waals surface area contributed by atoms with Crippen LogP contribution in [0.3, 0.4) is 0 Å². The highest BCUT2D eigenvalue weighted by Gasteiger charge is 2.34. The first-order valence-electron chi connectivity index (χ1n) is 11.2. The van der Waals surface area contributed by atoms with Crippen molar-refractivity contribution in [1.82, 2.24) is 10.2 Å². The van der Waals surface area contributed by atoms with E-state index in [1.54, 1.807) is 50.6 Å². The highest BCUT2D eigenvalue weighted by Crippen LogP contribution is 2.40. The number of hydrogen-bond acceptors (Lipinski definition) is 4. The van der Waals surface area contributed by atoms with Gasteiger partial charge in [-0.15, -0.1) is 0 Å². The molecule has 0 aromatic heterocycles. The average molecular weight is 483 g/mol. The second-order valence-corrected chi connectivity index (χ2v) is 8.85. The van der Waals surface area contributed by atoms with E-state index in [0.29, 0.717) is 28.6 Å². The third kappa shape index (κ3) is 5.03. The molecule has 0 saturated carbocycles. The van der Waals surface area contributed by atoms with E-state index in [2.05, 4.69) is 10.2 Å². The lowest BCUT2D eigenvalue weighted by Crippen LogP contribution is -2.47. The molecule has 0 fully saturated rings. The van der Waals surface area contributed by atoms with Gasteiger partial charge in [0, 0.05) is 19.1 Å². The van der Waals surface area contributed by atoms with Gasteiger partial charge >= 0.3 is 0 Å². The zero-order valence-electron chi connectivity index (χ0n) is 19.5. The molecule has 0 spiro atoms. The van der Waals surface area contributed by atoms with Crippen molar-refractivity contribution in [3.8, 4) is 11.5 Å². The SMILES string of the molecule is COc1cc2c(cc1OC)[C@@H]([C@@H](C)NC(=O)c1ccccc1Cl)N(Cc1cccc(F)c1)CC2. The van der Waals surface area contributed by atoms with Crippen LogP contribution in [0.15, 0.2) is 60.7 Å². The van der Waals surface area contributed by atoms with Crippen LogP contribution in [0.1, 0.15) is 40.0 Å². The van der Waals surface area contributed by atoms with Crippen molar-refractivity contribution in [2.75, 3.05) is 20.8 Å². The number of ether oxygens (including phenoxy) is 2. The topological polar surface area (TPSA) is 50.8 Å². The lowest BCUT2D eigenvalue weighted by molar-refractivity contribution is 0.0877. The summed E-state index contributed by atoms with van der Waals surface area (Å²) in [6.07, 6.45) is 0.798. The van der Waals surface area contributed by atoms with Crippen LogP contribution in [-0.4, -0.2) is 37.6 Å². The highest BCUT2D eigenvalue weighted by atomic mass is 35.5. The van der Waals surface area contributed by atoms with Crippen molar-refractivity contribution in [2.45, 2.75) is 32.0 Å². The molecule has 0 radical (unpaired) electrons. The van der Waals surface area contributed by atoms with Crippen LogP contribution in [0, 0.1) is 5.82 Å². The minimum absolute atomic E-state index is 0.168. The lowest BCUT2D eigenvalue weighted by Gasteiger charge is -2.41. The summed E-state index contributed by atoms with van der Waals surface area (Å²) < 4.78 is 24.9. The minimum atomic E-state index is -0.269. The second-order valence-electron chi connectivity index (χ2n) is 8.44. The largest absolute Gasteiger partial charge is 0.493 e. The smallest absolute Gasteiger partial charge is 0.253 e. The maximum Gasteiger partial charge on any atom is 0.253 e. The van der Waals surface area contributed by atoms with Gasteiger partial charge < -0.3 is 14.8 Å². The standard InChI is InChI=1S/C27H28ClFN2O3/c1-17(30-27(32)21-9-4-5-10-23(21)28)26-22-15-25(34-3)24(33-2)14-19(22)11-12-31(26)16-18-7-6-8-20(29)13-18/h4-10,13-15,17,26H,11-12,16H2,1-3H3,(H,30,32)/t17-,26-/m1/s1. The van der Waals surface area contributed by atoms with Crippen LogP contribution in [0.25, 0.3) is 0 Å². The van der Waals surface area contributed by atoms with E-state index in [1.165, 1.54) is 6.07 Å². The summed E-state index contributed by atoms with van der Waals surface area (Å²) in [4.78, 5) is 15.3. The number of carbonyl (C=O) groups excluding carboxylic acids is 1. The summed E-state index contributed by atoms with van der Waals surface area (Å²) in [6.45, 7) is 3.27. The quantitative estimate of drug-likeness (QED) is 0.489. The van der Waals surface area contributed by atoms with E-state index >= 15 is 0 Å². The number of carbonyl (C=O) groups is 1. The third-order valence-corrected chi connectivity index (χ3v) is 6.58. The molecule has 3 aromatic carbocycles. The zero-order chi connectivity index (χ0) is 24.2. The van der Waals surface area contributed by atoms with Gasteiger partial charge in [-0.25, -0.2) is 4.39 Å². The normalized spacial score (nSPS) is 16.4. The molecular weight excluding hydrogens is 455 g/mol. The van der Waals surface area contributed by atoms with Crippen LogP contribution >= 0.6 is 11.6 Å². The van der Waals surface area contributed by atoms with Crippen molar-refractivity contribution >= 4 is 17.5 Å². The van der Waals surface area contributed by atoms with Gasteiger partial charge in [-0.05, 0) is 66.4 Å². The van der Waals surface area contributed by atoms with Crippen molar-refractivity contribution < 1.29 is 18.7 Å². The van der Waals surface area contributed by atoms with Crippen LogP contribution in [-0.2, 0) is 13.0 Å². The van der Waals surface area contributed by atoms with Crippen LogP contribution < -0.4 is 14.8 Å². The Labute approximate surface area is 204 Å². The minimum Gasteiger partial charge on any atom is -0.493 e. The van der Waals surface area contributed by atoms with Gasteiger partial charge in [-0.1, -0.05) is 35.9 Å². The fraction of sp³-hybridized carbons (Fsp3) is 0.296. The molecule has 0 unspecified atom stereocenters. The summed E-state index contributed by atoms with van der Waals surface area (Å²) in [7, 11) is 3.22. The van der Waals surface area contributed by atoms with Gasteiger partial charge in [0.1, 0.15) is 5.82 Å². The third-order valence-electron chi connectivity index (χ3n) is 6.25. The molecule has 5 nitrogen and oxygen atoms in total. The molecule has 0 bridgehead atoms. The molecule has 1 amide bonds. The predicted molar refractivity (Wildman–Crippen MR) is 131 cm³/mol. The molecule has 3 aromatic rings. The van der Waals surface area contributed by atoms with Crippen molar-refractivity contribution in [3.05, 3.63) is 93.8 Å². The highest BCUT2D eigenvalue weighted by molar-refractivity contribution is 6.33. The van der Waals surface area contributed by atoms with Gasteiger partial charge in [0.2, 0.25) is 0 Å². The van der Waals surface area contributed by atoms with E-state index in [9.17, 15) is 9.18 Å². The summed E-state index contributed by atoms with van der Waals surface area (Å²) in [5.41, 5.74) is 3.49. The van der Waals surface area contributed by atoms with Crippen molar-refractivity contribution in [1.29, 1.82) is 0 Å². The number of hydrogen-bond donors (Lipinski definition) is 1. The maximum atomic E-state index is 13.9. The van der Waals surface area contributed by atoms with Crippen LogP contribution in [0.4, 0.5) is 4.39 Å². The molecule has 2 atom stereocenters. The molecule has 1 aliphatic rings. The number of fused-ring (bicyclic) bond motifs is 1. The van der Waals surface area contributed by atoms with Crippen molar-refractivity contribution in [2.24, 2.45) is 0 Å². The molecule has 1 heterocycles. The lowest BCUT2D eigenvalue weighted by atomic mass is 9.87. The number of methoxy groups -OCH3 is 2. The molecule has 1 N–H and O–H groups in total. The van der Waals surface area contributed by atoms with E-state index in [4.69, 9.17) is 21.1 Å². The molecule has 34 heavy (non-hydrogen) atoms. The van der Waals surface area contributed by atoms with Gasteiger partial charge in [-0.3, -0.25) is 9.69 Å². The Morgan fingerprint density at radius 1 is 1.12 bits per heavy atom. The van der Waals surface area contributed by atoms with Gasteiger partial charge in [0.15, 0.2) is 11.5 Å². The first-order valence-corrected chi connectivity index (χ1v) is 11.6. The molecular formula is C27H28ClFN2O3. The maximum absolute atomic E-state index is 13.9. The molecule has 0 aliphatic carbocycles. The van der Waals surface area contributed by atoms with E-state index in [0.717, 1.165) is 29.7 Å². The van der Waals surface area contributed by atoms with Gasteiger partial charge in [0.05, 0.1) is 30.8 Å². The van der Waals surface area contributed by atoms with E-state index < -0.39 is 0 Å². The summed E-state index contributed by atoms with van der Waals surface area (Å²) >= 11 is 6.26. The Morgan fingerprint density at radius 3 is 2.56 bits per heavy atom. The molecule has 7 heteroatoms. The number of halogens is 2. The van der Waals surface area contributed by atoms with E-state index in [1.807, 2.05) is 25.1 Å². The van der Waals surface area contributed by atoms with Gasteiger partial charge in [0.25, 0.3) is 5.91 Å². The number of nitrogens with one attached hydrogen (secondary N) is 1. The monoisotopic (exact) mass is 482 g/mol. The summed E-state index contributed by atoms with van der Waals surface area (Å²) in [5, 5.41) is 3.53. The Hall–Kier alpha value is -3.09.